The highest BCUT2D eigenvalue weighted by molar-refractivity contribution is 7.99. The van der Waals surface area contributed by atoms with Crippen LogP contribution in [0.4, 0.5) is 0 Å². The number of nitrogens with one attached hydrogen (secondary N) is 1. The summed E-state index contributed by atoms with van der Waals surface area (Å²) in [5.74, 6) is 1.17. The Hall–Kier alpha value is -1.00. The fourth-order valence-electron chi connectivity index (χ4n) is 1.64. The van der Waals surface area contributed by atoms with Crippen molar-refractivity contribution in [2.24, 2.45) is 5.92 Å². The first-order valence-electron chi connectivity index (χ1n) is 6.73. The molecule has 1 rings (SSSR count). The molecule has 0 aliphatic rings. The third-order valence-corrected chi connectivity index (χ3v) is 3.82. The van der Waals surface area contributed by atoms with Gasteiger partial charge in [-0.3, -0.25) is 4.79 Å². The highest BCUT2D eigenvalue weighted by atomic mass is 32.2. The Morgan fingerprint density at radius 2 is 1.95 bits per heavy atom. The highest BCUT2D eigenvalue weighted by Gasteiger charge is 2.10. The Bertz CT molecular complexity index is 390. The Balaban J connectivity index is 2.41. The summed E-state index contributed by atoms with van der Waals surface area (Å²) in [7, 11) is 0. The third-order valence-electron chi connectivity index (χ3n) is 2.92. The van der Waals surface area contributed by atoms with Crippen molar-refractivity contribution in [3.8, 4) is 0 Å². The van der Waals surface area contributed by atoms with Crippen LogP contribution < -0.4 is 5.32 Å². The van der Waals surface area contributed by atoms with Gasteiger partial charge in [0.1, 0.15) is 0 Å². The van der Waals surface area contributed by atoms with Crippen molar-refractivity contribution < 1.29 is 9.90 Å². The first-order chi connectivity index (χ1) is 9.04. The van der Waals surface area contributed by atoms with Gasteiger partial charge < -0.3 is 10.4 Å². The van der Waals surface area contributed by atoms with Crippen molar-refractivity contribution in [1.82, 2.24) is 5.32 Å². The summed E-state index contributed by atoms with van der Waals surface area (Å²) < 4.78 is 0. The van der Waals surface area contributed by atoms with E-state index in [4.69, 9.17) is 0 Å². The number of amides is 1. The summed E-state index contributed by atoms with van der Waals surface area (Å²) in [5, 5.41) is 12.5. The van der Waals surface area contributed by atoms with E-state index >= 15 is 0 Å². The first kappa shape index (κ1) is 16.1. The van der Waals surface area contributed by atoms with E-state index in [0.29, 0.717) is 18.5 Å². The van der Waals surface area contributed by atoms with E-state index in [9.17, 15) is 9.90 Å². The normalized spacial score (nSPS) is 12.5. The number of hydrogen-bond acceptors (Lipinski definition) is 3. The van der Waals surface area contributed by atoms with Crippen molar-refractivity contribution in [2.45, 2.75) is 38.2 Å². The molecule has 0 aliphatic carbocycles. The maximum atomic E-state index is 11.9. The molecule has 1 atom stereocenters. The monoisotopic (exact) mass is 281 g/mol. The standard InChI is InChI=1S/C15H23NO2S/c1-4-19-13-7-5-12(6-8-13)15(18)16-10-9-14(17)11(2)3/h5-8,11,14,17H,4,9-10H2,1-3H3,(H,16,18). The molecule has 1 unspecified atom stereocenters. The molecule has 0 aromatic heterocycles. The molecule has 4 heteroatoms. The molecule has 0 saturated carbocycles. The van der Waals surface area contributed by atoms with Gasteiger partial charge in [-0.05, 0) is 42.4 Å². The average molecular weight is 281 g/mol. The van der Waals surface area contributed by atoms with Crippen LogP contribution in [0, 0.1) is 5.92 Å². The summed E-state index contributed by atoms with van der Waals surface area (Å²) in [6.45, 7) is 6.54. The fourth-order valence-corrected chi connectivity index (χ4v) is 2.30. The molecule has 0 radical (unpaired) electrons. The van der Waals surface area contributed by atoms with E-state index in [0.717, 1.165) is 5.75 Å². The van der Waals surface area contributed by atoms with Gasteiger partial charge in [0.25, 0.3) is 5.91 Å². The zero-order valence-corrected chi connectivity index (χ0v) is 12.7. The quantitative estimate of drug-likeness (QED) is 0.756. The number of aliphatic hydroxyl groups is 1. The van der Waals surface area contributed by atoms with Gasteiger partial charge in [0.15, 0.2) is 0 Å². The van der Waals surface area contributed by atoms with E-state index < -0.39 is 0 Å². The van der Waals surface area contributed by atoms with Crippen LogP contribution in [0.1, 0.15) is 37.6 Å². The predicted octanol–water partition coefficient (Wildman–Crippen LogP) is 2.94. The van der Waals surface area contributed by atoms with Crippen LogP contribution in [0.2, 0.25) is 0 Å². The molecule has 2 N–H and O–H groups in total. The highest BCUT2D eigenvalue weighted by Crippen LogP contribution is 2.17. The molecular weight excluding hydrogens is 258 g/mol. The number of benzene rings is 1. The van der Waals surface area contributed by atoms with E-state index in [1.54, 1.807) is 11.8 Å². The summed E-state index contributed by atoms with van der Waals surface area (Å²) in [6.07, 6.45) is 0.233. The molecule has 0 spiro atoms. The van der Waals surface area contributed by atoms with Crippen LogP contribution in [0.25, 0.3) is 0 Å². The van der Waals surface area contributed by atoms with Crippen molar-refractivity contribution in [3.05, 3.63) is 29.8 Å². The zero-order chi connectivity index (χ0) is 14.3. The third kappa shape index (κ3) is 5.66. The van der Waals surface area contributed by atoms with Crippen molar-refractivity contribution in [2.75, 3.05) is 12.3 Å². The molecule has 0 fully saturated rings. The molecule has 1 amide bonds. The van der Waals surface area contributed by atoms with Crippen LogP contribution in [0.15, 0.2) is 29.2 Å². The maximum absolute atomic E-state index is 11.9. The number of hydrogen-bond donors (Lipinski definition) is 2. The number of aliphatic hydroxyl groups excluding tert-OH is 1. The molecule has 106 valence electrons. The van der Waals surface area contributed by atoms with E-state index in [-0.39, 0.29) is 17.9 Å². The maximum Gasteiger partial charge on any atom is 0.251 e. The van der Waals surface area contributed by atoms with Crippen LogP contribution in [0.3, 0.4) is 0 Å². The minimum absolute atomic E-state index is 0.0796. The Kier molecular flexibility index (Phi) is 6.95. The van der Waals surface area contributed by atoms with E-state index in [2.05, 4.69) is 12.2 Å². The van der Waals surface area contributed by atoms with Crippen molar-refractivity contribution in [1.29, 1.82) is 0 Å². The topological polar surface area (TPSA) is 49.3 Å². The minimum Gasteiger partial charge on any atom is -0.393 e. The van der Waals surface area contributed by atoms with Crippen LogP contribution in [-0.2, 0) is 0 Å². The van der Waals surface area contributed by atoms with E-state index in [1.807, 2.05) is 38.1 Å². The van der Waals surface area contributed by atoms with Gasteiger partial charge >= 0.3 is 0 Å². The second kappa shape index (κ2) is 8.23. The predicted molar refractivity (Wildman–Crippen MR) is 80.6 cm³/mol. The van der Waals surface area contributed by atoms with Crippen LogP contribution in [0.5, 0.6) is 0 Å². The zero-order valence-electron chi connectivity index (χ0n) is 11.8. The lowest BCUT2D eigenvalue weighted by Gasteiger charge is -2.14. The molecule has 3 nitrogen and oxygen atoms in total. The van der Waals surface area contributed by atoms with Gasteiger partial charge in [-0.25, -0.2) is 0 Å². The smallest absolute Gasteiger partial charge is 0.251 e. The Morgan fingerprint density at radius 1 is 1.32 bits per heavy atom. The first-order valence-corrected chi connectivity index (χ1v) is 7.72. The SMILES string of the molecule is CCSc1ccc(C(=O)NCCC(O)C(C)C)cc1. The number of carbonyl (C=O) groups excluding carboxylic acids is 1. The number of thioether (sulfide) groups is 1. The molecule has 0 heterocycles. The number of carbonyl (C=O) groups is 1. The summed E-state index contributed by atoms with van der Waals surface area (Å²) in [5.41, 5.74) is 0.666. The fraction of sp³-hybridized carbons (Fsp3) is 0.533. The summed E-state index contributed by atoms with van der Waals surface area (Å²) >= 11 is 1.76. The van der Waals surface area contributed by atoms with Gasteiger partial charge in [-0.15, -0.1) is 11.8 Å². The molecular formula is C15H23NO2S. The van der Waals surface area contributed by atoms with Gasteiger partial charge in [0.2, 0.25) is 0 Å². The van der Waals surface area contributed by atoms with Gasteiger partial charge in [-0.2, -0.15) is 0 Å². The van der Waals surface area contributed by atoms with Gasteiger partial charge in [0, 0.05) is 17.0 Å². The lowest BCUT2D eigenvalue weighted by atomic mass is 10.0. The van der Waals surface area contributed by atoms with E-state index in [1.165, 1.54) is 4.90 Å². The van der Waals surface area contributed by atoms with Crippen LogP contribution in [-0.4, -0.2) is 29.4 Å². The number of rotatable bonds is 7. The largest absolute Gasteiger partial charge is 0.393 e. The molecule has 0 saturated heterocycles. The molecule has 1 aromatic rings. The van der Waals surface area contributed by atoms with Crippen molar-refractivity contribution >= 4 is 17.7 Å². The van der Waals surface area contributed by atoms with Gasteiger partial charge in [0.05, 0.1) is 6.10 Å². The summed E-state index contributed by atoms with van der Waals surface area (Å²) in [4.78, 5) is 13.0. The van der Waals surface area contributed by atoms with Crippen LogP contribution >= 0.6 is 11.8 Å². The van der Waals surface area contributed by atoms with Gasteiger partial charge in [-0.1, -0.05) is 20.8 Å². The molecule has 19 heavy (non-hydrogen) atoms. The lowest BCUT2D eigenvalue weighted by Crippen LogP contribution is -2.28. The second-order valence-electron chi connectivity index (χ2n) is 4.81. The second-order valence-corrected chi connectivity index (χ2v) is 6.15. The average Bonchev–Trinajstić information content (AvgIpc) is 2.39. The lowest BCUT2D eigenvalue weighted by molar-refractivity contribution is 0.0920. The molecule has 0 aliphatic heterocycles. The Labute approximate surface area is 119 Å². The Morgan fingerprint density at radius 3 is 2.47 bits per heavy atom. The molecule has 1 aromatic carbocycles. The summed E-state index contributed by atoms with van der Waals surface area (Å²) in [6, 6.07) is 7.61. The van der Waals surface area contributed by atoms with Crippen molar-refractivity contribution in [3.63, 3.8) is 0 Å². The minimum atomic E-state index is -0.358. The molecule has 0 bridgehead atoms.